The molecule has 196 valence electrons. The molecule has 7 nitrogen and oxygen atoms in total. The van der Waals surface area contributed by atoms with E-state index in [2.05, 4.69) is 27.8 Å². The Kier molecular flexibility index (Phi) is 8.74. The smallest absolute Gasteiger partial charge is 0.314 e. The summed E-state index contributed by atoms with van der Waals surface area (Å²) in [5, 5.41) is 7.33. The normalized spacial score (nSPS) is 13.9. The third-order valence-electron chi connectivity index (χ3n) is 6.50. The van der Waals surface area contributed by atoms with E-state index in [0.29, 0.717) is 19.4 Å². The molecule has 2 aromatic heterocycles. The van der Waals surface area contributed by atoms with E-state index in [-0.39, 0.29) is 11.9 Å². The maximum Gasteiger partial charge on any atom is 0.314 e. The van der Waals surface area contributed by atoms with Crippen LogP contribution in [0.5, 0.6) is 0 Å². The molecule has 2 N–H and O–H groups in total. The monoisotopic (exact) mass is 502 g/mol. The van der Waals surface area contributed by atoms with Gasteiger partial charge < -0.3 is 15.4 Å². The van der Waals surface area contributed by atoms with Crippen molar-refractivity contribution in [3.8, 4) is 0 Å². The Bertz CT molecular complexity index is 1230. The van der Waals surface area contributed by atoms with E-state index in [4.69, 9.17) is 9.72 Å². The first kappa shape index (κ1) is 26.6. The SMILES string of the molecule is CC(C)(C)OC(=O)[C@@H](CCNC(=O)CCCCc1ccc2c(n1)NCCC2)c1cnc2ccccc2c1. The molecule has 1 aliphatic rings. The third-order valence-corrected chi connectivity index (χ3v) is 6.50. The molecule has 0 unspecified atom stereocenters. The molecule has 0 saturated heterocycles. The van der Waals surface area contributed by atoms with Crippen molar-refractivity contribution >= 4 is 28.6 Å². The number of aromatic nitrogens is 2. The van der Waals surface area contributed by atoms with Crippen molar-refractivity contribution in [2.24, 2.45) is 0 Å². The van der Waals surface area contributed by atoms with Gasteiger partial charge in [-0.05, 0) is 88.6 Å². The highest BCUT2D eigenvalue weighted by molar-refractivity contribution is 5.83. The van der Waals surface area contributed by atoms with Crippen LogP contribution in [0.2, 0.25) is 0 Å². The van der Waals surface area contributed by atoms with Crippen molar-refractivity contribution in [3.63, 3.8) is 0 Å². The van der Waals surface area contributed by atoms with E-state index in [1.807, 2.05) is 51.1 Å². The average Bonchev–Trinajstić information content (AvgIpc) is 2.87. The molecule has 7 heteroatoms. The van der Waals surface area contributed by atoms with Gasteiger partial charge in [0.1, 0.15) is 11.4 Å². The van der Waals surface area contributed by atoms with Gasteiger partial charge in [-0.2, -0.15) is 0 Å². The van der Waals surface area contributed by atoms with E-state index in [1.165, 1.54) is 5.56 Å². The number of esters is 1. The molecule has 0 bridgehead atoms. The van der Waals surface area contributed by atoms with Gasteiger partial charge >= 0.3 is 5.97 Å². The minimum atomic E-state index is -0.591. The van der Waals surface area contributed by atoms with Crippen molar-refractivity contribution in [1.29, 1.82) is 0 Å². The lowest BCUT2D eigenvalue weighted by Gasteiger charge is -2.24. The summed E-state index contributed by atoms with van der Waals surface area (Å²) in [7, 11) is 0. The molecule has 4 rings (SSSR count). The van der Waals surface area contributed by atoms with Crippen LogP contribution in [-0.4, -0.2) is 40.5 Å². The zero-order valence-corrected chi connectivity index (χ0v) is 22.2. The number of rotatable bonds is 10. The molecule has 1 aliphatic heterocycles. The topological polar surface area (TPSA) is 93.2 Å². The minimum Gasteiger partial charge on any atom is -0.459 e. The first-order valence-corrected chi connectivity index (χ1v) is 13.4. The summed E-state index contributed by atoms with van der Waals surface area (Å²) in [4.78, 5) is 34.8. The standard InChI is InChI=1S/C30H38N4O3/c1-30(2,3)37-29(36)25(23-19-22-9-4-6-12-26(22)33-20-23)16-18-31-27(35)13-7-5-11-24-15-14-21-10-8-17-32-28(21)34-24/h4,6,9,12,14-15,19-20,25H,5,7-8,10-11,13,16-18H2,1-3H3,(H,31,35)(H,32,34)/t25-/m0/s1. The number of benzene rings is 1. The highest BCUT2D eigenvalue weighted by Crippen LogP contribution is 2.26. The summed E-state index contributed by atoms with van der Waals surface area (Å²) >= 11 is 0. The van der Waals surface area contributed by atoms with Gasteiger partial charge in [-0.15, -0.1) is 0 Å². The van der Waals surface area contributed by atoms with Gasteiger partial charge in [0, 0.05) is 36.8 Å². The number of aryl methyl sites for hydroxylation is 2. The Hall–Kier alpha value is -3.48. The van der Waals surface area contributed by atoms with Crippen LogP contribution in [0, 0.1) is 0 Å². The van der Waals surface area contributed by atoms with Gasteiger partial charge in [0.05, 0.1) is 11.4 Å². The zero-order valence-electron chi connectivity index (χ0n) is 22.2. The van der Waals surface area contributed by atoms with Crippen LogP contribution in [-0.2, 0) is 27.2 Å². The predicted octanol–water partition coefficient (Wildman–Crippen LogP) is 5.33. The average molecular weight is 503 g/mol. The minimum absolute atomic E-state index is 0.000331. The quantitative estimate of drug-likeness (QED) is 0.287. The van der Waals surface area contributed by atoms with E-state index >= 15 is 0 Å². The number of fused-ring (bicyclic) bond motifs is 2. The summed E-state index contributed by atoms with van der Waals surface area (Å²) in [6, 6.07) is 14.1. The van der Waals surface area contributed by atoms with Crippen LogP contribution in [0.25, 0.3) is 10.9 Å². The van der Waals surface area contributed by atoms with Crippen LogP contribution in [0.15, 0.2) is 48.7 Å². The Morgan fingerprint density at radius 3 is 2.81 bits per heavy atom. The third kappa shape index (κ3) is 7.75. The van der Waals surface area contributed by atoms with Crippen molar-refractivity contribution in [1.82, 2.24) is 15.3 Å². The Morgan fingerprint density at radius 2 is 1.97 bits per heavy atom. The highest BCUT2D eigenvalue weighted by Gasteiger charge is 2.27. The van der Waals surface area contributed by atoms with Crippen LogP contribution in [0.3, 0.4) is 0 Å². The zero-order chi connectivity index (χ0) is 26.3. The number of carbonyl (C=O) groups is 2. The number of amides is 1. The van der Waals surface area contributed by atoms with Gasteiger partial charge in [0.25, 0.3) is 0 Å². The molecule has 3 aromatic rings. The molecule has 1 aromatic carbocycles. The summed E-state index contributed by atoms with van der Waals surface area (Å²) in [5.74, 6) is 0.216. The first-order valence-electron chi connectivity index (χ1n) is 13.4. The van der Waals surface area contributed by atoms with E-state index < -0.39 is 11.5 Å². The number of pyridine rings is 2. The van der Waals surface area contributed by atoms with Crippen LogP contribution >= 0.6 is 0 Å². The van der Waals surface area contributed by atoms with Gasteiger partial charge in [-0.3, -0.25) is 14.6 Å². The molecule has 1 amide bonds. The number of nitrogens with zero attached hydrogens (tertiary/aromatic N) is 2. The van der Waals surface area contributed by atoms with Gasteiger partial charge in [-0.25, -0.2) is 4.98 Å². The van der Waals surface area contributed by atoms with E-state index in [9.17, 15) is 9.59 Å². The molecule has 3 heterocycles. The second-order valence-corrected chi connectivity index (χ2v) is 10.7. The maximum absolute atomic E-state index is 13.0. The Labute approximate surface area is 219 Å². The Balaban J connectivity index is 1.26. The van der Waals surface area contributed by atoms with Gasteiger partial charge in [0.2, 0.25) is 5.91 Å². The number of ether oxygens (including phenoxy) is 1. The molecule has 37 heavy (non-hydrogen) atoms. The maximum atomic E-state index is 13.0. The van der Waals surface area contributed by atoms with E-state index in [1.54, 1.807) is 6.20 Å². The van der Waals surface area contributed by atoms with Crippen molar-refractivity contribution < 1.29 is 14.3 Å². The number of hydrogen-bond donors (Lipinski definition) is 2. The summed E-state index contributed by atoms with van der Waals surface area (Å²) in [6.07, 6.45) is 7.44. The lowest BCUT2D eigenvalue weighted by molar-refractivity contribution is -0.157. The number of nitrogens with one attached hydrogen (secondary N) is 2. The molecule has 0 saturated carbocycles. The molecular weight excluding hydrogens is 464 g/mol. The fraction of sp³-hybridized carbons (Fsp3) is 0.467. The van der Waals surface area contributed by atoms with Crippen molar-refractivity contribution in [2.75, 3.05) is 18.4 Å². The molecule has 0 aliphatic carbocycles. The van der Waals surface area contributed by atoms with Crippen LogP contribution in [0.1, 0.15) is 75.6 Å². The van der Waals surface area contributed by atoms with Crippen LogP contribution < -0.4 is 10.6 Å². The summed E-state index contributed by atoms with van der Waals surface area (Å²) < 4.78 is 5.69. The highest BCUT2D eigenvalue weighted by atomic mass is 16.6. The number of anilines is 1. The first-order chi connectivity index (χ1) is 17.8. The van der Waals surface area contributed by atoms with Crippen molar-refractivity contribution in [3.05, 3.63) is 65.5 Å². The molecule has 1 atom stereocenters. The molecule has 0 radical (unpaired) electrons. The number of para-hydroxylation sites is 1. The van der Waals surface area contributed by atoms with E-state index in [0.717, 1.165) is 66.6 Å². The fourth-order valence-electron chi connectivity index (χ4n) is 4.62. The Morgan fingerprint density at radius 1 is 1.14 bits per heavy atom. The molecule has 0 fully saturated rings. The molecule has 0 spiro atoms. The largest absolute Gasteiger partial charge is 0.459 e. The number of unbranched alkanes of at least 4 members (excludes halogenated alkanes) is 1. The fourth-order valence-corrected chi connectivity index (χ4v) is 4.62. The summed E-state index contributed by atoms with van der Waals surface area (Å²) in [5.41, 5.74) is 3.45. The van der Waals surface area contributed by atoms with Crippen molar-refractivity contribution in [2.45, 2.75) is 77.2 Å². The molecular formula is C30H38N4O3. The predicted molar refractivity (Wildman–Crippen MR) is 147 cm³/mol. The van der Waals surface area contributed by atoms with Gasteiger partial charge in [-0.1, -0.05) is 24.3 Å². The van der Waals surface area contributed by atoms with Crippen LogP contribution in [0.4, 0.5) is 5.82 Å². The lowest BCUT2D eigenvalue weighted by atomic mass is 9.95. The van der Waals surface area contributed by atoms with Gasteiger partial charge in [0.15, 0.2) is 0 Å². The second-order valence-electron chi connectivity index (χ2n) is 10.7. The second kappa shape index (κ2) is 12.2. The summed E-state index contributed by atoms with van der Waals surface area (Å²) in [6.45, 7) is 6.96. The lowest BCUT2D eigenvalue weighted by Crippen LogP contribution is -2.31. The number of carbonyl (C=O) groups excluding carboxylic acids is 2. The number of hydrogen-bond acceptors (Lipinski definition) is 6.